The van der Waals surface area contributed by atoms with Gasteiger partial charge in [-0.1, -0.05) is 127 Å². The van der Waals surface area contributed by atoms with Crippen LogP contribution in [0.2, 0.25) is 0 Å². The lowest BCUT2D eigenvalue weighted by atomic mass is 9.70. The fraction of sp³-hybridized carbons (Fsp3) is 0.619. The second-order valence-electron chi connectivity index (χ2n) is 15.2. The highest BCUT2D eigenvalue weighted by atomic mass is 14.3. The highest BCUT2D eigenvalue weighted by Crippen LogP contribution is 2.43. The molecule has 0 radical (unpaired) electrons. The van der Waals surface area contributed by atoms with Crippen molar-refractivity contribution in [3.63, 3.8) is 0 Å². The van der Waals surface area contributed by atoms with E-state index in [0.717, 1.165) is 24.2 Å². The van der Waals surface area contributed by atoms with E-state index in [2.05, 4.69) is 112 Å². The van der Waals surface area contributed by atoms with Gasteiger partial charge in [-0.15, -0.1) is 0 Å². The summed E-state index contributed by atoms with van der Waals surface area (Å²) in [4.78, 5) is 0. The molecule has 42 heavy (non-hydrogen) atoms. The van der Waals surface area contributed by atoms with Gasteiger partial charge in [-0.25, -0.2) is 0 Å². The lowest BCUT2D eigenvalue weighted by Gasteiger charge is -2.35. The zero-order valence-corrected chi connectivity index (χ0v) is 29.0. The molecular weight excluding hydrogens is 504 g/mol. The Bertz CT molecular complexity index is 1130. The highest BCUT2D eigenvalue weighted by molar-refractivity contribution is 5.43. The van der Waals surface area contributed by atoms with E-state index in [9.17, 15) is 0 Å². The molecule has 0 saturated heterocycles. The largest absolute Gasteiger partial charge is 0.0952 e. The van der Waals surface area contributed by atoms with E-state index in [1.165, 1.54) is 103 Å². The molecule has 0 heteroatoms. The Morgan fingerprint density at radius 3 is 2.14 bits per heavy atom. The van der Waals surface area contributed by atoms with E-state index >= 15 is 0 Å². The zero-order valence-electron chi connectivity index (χ0n) is 29.0. The Morgan fingerprint density at radius 2 is 1.57 bits per heavy atom. The lowest BCUT2D eigenvalue weighted by Crippen LogP contribution is -2.23. The third kappa shape index (κ3) is 9.46. The summed E-state index contributed by atoms with van der Waals surface area (Å²) in [5.74, 6) is 3.57. The Morgan fingerprint density at radius 1 is 0.952 bits per heavy atom. The number of hydrogen-bond donors (Lipinski definition) is 0. The quantitative estimate of drug-likeness (QED) is 0.220. The van der Waals surface area contributed by atoms with Crippen molar-refractivity contribution in [2.45, 2.75) is 139 Å². The van der Waals surface area contributed by atoms with E-state index < -0.39 is 0 Å². The molecule has 0 heterocycles. The first-order valence-corrected chi connectivity index (χ1v) is 17.3. The number of hydrogen-bond acceptors (Lipinski definition) is 0. The maximum absolute atomic E-state index is 4.66. The monoisotopic (exact) mass is 569 g/mol. The van der Waals surface area contributed by atoms with Crippen LogP contribution in [0.3, 0.4) is 0 Å². The van der Waals surface area contributed by atoms with Gasteiger partial charge in [-0.3, -0.25) is 0 Å². The van der Waals surface area contributed by atoms with Gasteiger partial charge in [-0.2, -0.15) is 0 Å². The molecule has 1 saturated carbocycles. The molecule has 1 unspecified atom stereocenters. The average molecular weight is 569 g/mol. The van der Waals surface area contributed by atoms with E-state index in [-0.39, 0.29) is 0 Å². The predicted octanol–water partition coefficient (Wildman–Crippen LogP) is 13.3. The van der Waals surface area contributed by atoms with Crippen LogP contribution < -0.4 is 0 Å². The zero-order chi connectivity index (χ0) is 31.0. The van der Waals surface area contributed by atoms with Crippen LogP contribution in [0.5, 0.6) is 0 Å². The van der Waals surface area contributed by atoms with Crippen molar-refractivity contribution in [1.82, 2.24) is 0 Å². The molecule has 3 atom stereocenters. The third-order valence-electron chi connectivity index (χ3n) is 11.2. The molecule has 1 fully saturated rings. The van der Waals surface area contributed by atoms with Gasteiger partial charge in [0.15, 0.2) is 0 Å². The van der Waals surface area contributed by atoms with Gasteiger partial charge in [0, 0.05) is 0 Å². The van der Waals surface area contributed by atoms with Crippen molar-refractivity contribution in [3.05, 3.63) is 94.1 Å². The van der Waals surface area contributed by atoms with E-state index in [1.54, 1.807) is 5.57 Å². The van der Waals surface area contributed by atoms with Gasteiger partial charge in [-0.05, 0) is 135 Å². The average Bonchev–Trinajstić information content (AvgIpc) is 2.95. The first-order chi connectivity index (χ1) is 19.8. The molecule has 0 bridgehead atoms. The minimum atomic E-state index is 0.360. The molecule has 2 aliphatic rings. The van der Waals surface area contributed by atoms with Crippen molar-refractivity contribution in [2.75, 3.05) is 0 Å². The van der Waals surface area contributed by atoms with Crippen LogP contribution in [0.15, 0.2) is 83.0 Å². The second kappa shape index (κ2) is 15.6. The Labute approximate surface area is 261 Å². The molecule has 0 spiro atoms. The molecule has 0 aliphatic heterocycles. The van der Waals surface area contributed by atoms with Gasteiger partial charge in [0.25, 0.3) is 0 Å². The van der Waals surface area contributed by atoms with Gasteiger partial charge >= 0.3 is 0 Å². The van der Waals surface area contributed by atoms with Crippen LogP contribution in [0.1, 0.15) is 143 Å². The molecule has 1 aromatic rings. The Kier molecular flexibility index (Phi) is 12.8. The number of aryl methyl sites for hydroxylation is 1. The van der Waals surface area contributed by atoms with Crippen molar-refractivity contribution >= 4 is 0 Å². The standard InChI is InChI=1S/C42H64/c1-12-35-17-19-36(20-18-35)21-25-41(37-22-14-29(3)15-23-37)34(8)40(13-2)33(7)26-31(5)32(6)27-38-28-39(42(9,10)11)24-16-30(38)4/h13-15,22-23,27,34-36,39,41H,5,7,12,16-21,24-26,28H2,1-4,6,8-11H3/b32-27-,40-13-/t34?,35?,36?,39-,41-/m0/s1. The van der Waals surface area contributed by atoms with Crippen molar-refractivity contribution in [2.24, 2.45) is 29.1 Å². The number of allylic oxidation sites excluding steroid dienone is 8. The molecule has 0 amide bonds. The van der Waals surface area contributed by atoms with Gasteiger partial charge in [0.2, 0.25) is 0 Å². The maximum Gasteiger partial charge on any atom is -0.00322 e. The highest BCUT2D eigenvalue weighted by Gasteiger charge is 2.29. The van der Waals surface area contributed by atoms with Crippen LogP contribution >= 0.6 is 0 Å². The summed E-state index contributed by atoms with van der Waals surface area (Å²) in [6.07, 6.45) is 19.1. The van der Waals surface area contributed by atoms with E-state index in [1.807, 2.05) is 0 Å². The predicted molar refractivity (Wildman–Crippen MR) is 188 cm³/mol. The lowest BCUT2D eigenvalue weighted by molar-refractivity contribution is 0.217. The van der Waals surface area contributed by atoms with Gasteiger partial charge < -0.3 is 0 Å². The SMILES string of the molecule is C=C(CC(=C)/C(=C/C)C(C)[C@H](CCC1CCC(CC)CC1)c1ccc(C)cc1)/C(C)=C\C1=C(C)CC[C@H](C(C)(C)C)C1. The summed E-state index contributed by atoms with van der Waals surface area (Å²) in [6.45, 7) is 30.3. The van der Waals surface area contributed by atoms with E-state index in [4.69, 9.17) is 0 Å². The topological polar surface area (TPSA) is 0 Å². The summed E-state index contributed by atoms with van der Waals surface area (Å²) >= 11 is 0. The van der Waals surface area contributed by atoms with Crippen LogP contribution in [0.25, 0.3) is 0 Å². The Balaban J connectivity index is 1.72. The molecule has 3 rings (SSSR count). The molecular formula is C42H64. The summed E-state index contributed by atoms with van der Waals surface area (Å²) < 4.78 is 0. The minimum absolute atomic E-state index is 0.360. The molecule has 0 nitrogen and oxygen atoms in total. The van der Waals surface area contributed by atoms with E-state index in [0.29, 0.717) is 17.3 Å². The Hall–Kier alpha value is -2.08. The number of benzene rings is 1. The summed E-state index contributed by atoms with van der Waals surface area (Å²) in [5.41, 5.74) is 11.5. The first kappa shape index (κ1) is 34.4. The normalized spacial score (nSPS) is 24.0. The smallest absolute Gasteiger partial charge is 0.00322 e. The summed E-state index contributed by atoms with van der Waals surface area (Å²) in [5, 5.41) is 0. The molecule has 1 aromatic carbocycles. The van der Waals surface area contributed by atoms with Crippen LogP contribution in [-0.4, -0.2) is 0 Å². The molecule has 0 aromatic heterocycles. The second-order valence-corrected chi connectivity index (χ2v) is 15.2. The molecule has 2 aliphatic carbocycles. The summed E-state index contributed by atoms with van der Waals surface area (Å²) in [7, 11) is 0. The fourth-order valence-electron chi connectivity index (χ4n) is 7.75. The van der Waals surface area contributed by atoms with Crippen LogP contribution in [0.4, 0.5) is 0 Å². The van der Waals surface area contributed by atoms with Gasteiger partial charge in [0.1, 0.15) is 0 Å². The number of rotatable bonds is 12. The molecule has 0 N–H and O–H groups in total. The maximum atomic E-state index is 4.66. The minimum Gasteiger partial charge on any atom is -0.0952 e. The van der Waals surface area contributed by atoms with Crippen LogP contribution in [-0.2, 0) is 0 Å². The van der Waals surface area contributed by atoms with Crippen molar-refractivity contribution < 1.29 is 0 Å². The van der Waals surface area contributed by atoms with Gasteiger partial charge in [0.05, 0.1) is 0 Å². The van der Waals surface area contributed by atoms with Crippen LogP contribution in [0, 0.1) is 36.0 Å². The van der Waals surface area contributed by atoms with Crippen molar-refractivity contribution in [1.29, 1.82) is 0 Å². The third-order valence-corrected chi connectivity index (χ3v) is 11.2. The first-order valence-electron chi connectivity index (χ1n) is 17.3. The molecule has 232 valence electrons. The summed E-state index contributed by atoms with van der Waals surface area (Å²) in [6, 6.07) is 9.37. The van der Waals surface area contributed by atoms with Crippen molar-refractivity contribution in [3.8, 4) is 0 Å². The fourth-order valence-corrected chi connectivity index (χ4v) is 7.75.